The van der Waals surface area contributed by atoms with Crippen molar-refractivity contribution in [1.82, 2.24) is 0 Å². The lowest BCUT2D eigenvalue weighted by Gasteiger charge is -2.20. The number of halogens is 1. The number of nitrogens with zero attached hydrogens (tertiary/aromatic N) is 1. The average molecular weight is 247 g/mol. The molecule has 1 aromatic carbocycles. The zero-order chi connectivity index (χ0) is 13.1. The number of hydrogen-bond donors (Lipinski definition) is 0. The first-order valence-corrected chi connectivity index (χ1v) is 5.33. The number of fused-ring (bicyclic) bond motifs is 1. The Kier molecular flexibility index (Phi) is 3.28. The fourth-order valence-electron chi connectivity index (χ4n) is 1.77. The van der Waals surface area contributed by atoms with Crippen LogP contribution >= 0.6 is 0 Å². The number of esters is 1. The number of ether oxygens (including phenoxy) is 2. The van der Waals surface area contributed by atoms with Crippen LogP contribution in [0.15, 0.2) is 29.5 Å². The highest BCUT2D eigenvalue weighted by Crippen LogP contribution is 2.31. The van der Waals surface area contributed by atoms with E-state index >= 15 is 0 Å². The van der Waals surface area contributed by atoms with Crippen LogP contribution in [0.3, 0.4) is 0 Å². The lowest BCUT2D eigenvalue weighted by atomic mass is 10.0. The summed E-state index contributed by atoms with van der Waals surface area (Å²) in [5.74, 6) is -0.325. The SMILES string of the molecule is COC(=O)/C(C#N)=C1/CCc2cc(F)ccc2O1. The fraction of sp³-hybridized carbons (Fsp3) is 0.231. The summed E-state index contributed by atoms with van der Waals surface area (Å²) in [4.78, 5) is 11.4. The highest BCUT2D eigenvalue weighted by Gasteiger charge is 2.23. The van der Waals surface area contributed by atoms with Crippen molar-refractivity contribution >= 4 is 5.97 Å². The van der Waals surface area contributed by atoms with Gasteiger partial charge in [-0.25, -0.2) is 9.18 Å². The van der Waals surface area contributed by atoms with Crippen LogP contribution in [0.4, 0.5) is 4.39 Å². The first kappa shape index (κ1) is 12.1. The van der Waals surface area contributed by atoms with Crippen LogP contribution in [0.25, 0.3) is 0 Å². The first-order valence-electron chi connectivity index (χ1n) is 5.33. The molecule has 0 bridgehead atoms. The molecule has 0 atom stereocenters. The third-order valence-corrected chi connectivity index (χ3v) is 2.66. The second-order valence-electron chi connectivity index (χ2n) is 3.76. The number of rotatable bonds is 1. The van der Waals surface area contributed by atoms with Crippen LogP contribution in [0.2, 0.25) is 0 Å². The van der Waals surface area contributed by atoms with E-state index in [1.165, 1.54) is 25.3 Å². The summed E-state index contributed by atoms with van der Waals surface area (Å²) in [6, 6.07) is 5.91. The Morgan fingerprint density at radius 1 is 1.50 bits per heavy atom. The zero-order valence-electron chi connectivity index (χ0n) is 9.70. The molecule has 18 heavy (non-hydrogen) atoms. The van der Waals surface area contributed by atoms with Crippen molar-refractivity contribution < 1.29 is 18.7 Å². The Morgan fingerprint density at radius 2 is 2.28 bits per heavy atom. The molecule has 1 heterocycles. The number of nitriles is 1. The van der Waals surface area contributed by atoms with Crippen LogP contribution in [-0.2, 0) is 16.0 Å². The molecule has 0 saturated carbocycles. The Morgan fingerprint density at radius 3 is 2.94 bits per heavy atom. The number of carbonyl (C=O) groups excluding carboxylic acids is 1. The second-order valence-corrected chi connectivity index (χ2v) is 3.76. The van der Waals surface area contributed by atoms with Crippen LogP contribution in [0.1, 0.15) is 12.0 Å². The summed E-state index contributed by atoms with van der Waals surface area (Å²) < 4.78 is 23.0. The molecule has 0 saturated heterocycles. The lowest BCUT2D eigenvalue weighted by Crippen LogP contribution is -2.14. The largest absolute Gasteiger partial charge is 0.465 e. The molecular weight excluding hydrogens is 237 g/mol. The van der Waals surface area contributed by atoms with E-state index < -0.39 is 5.97 Å². The van der Waals surface area contributed by atoms with E-state index in [2.05, 4.69) is 4.74 Å². The molecular formula is C13H10FNO3. The van der Waals surface area contributed by atoms with Gasteiger partial charge in [-0.2, -0.15) is 5.26 Å². The number of benzene rings is 1. The van der Waals surface area contributed by atoms with Crippen molar-refractivity contribution in [2.75, 3.05) is 7.11 Å². The Hall–Kier alpha value is -2.35. The smallest absolute Gasteiger partial charge is 0.352 e. The van der Waals surface area contributed by atoms with Crippen LogP contribution < -0.4 is 4.74 Å². The van der Waals surface area contributed by atoms with Crippen molar-refractivity contribution in [3.05, 3.63) is 40.9 Å². The van der Waals surface area contributed by atoms with Crippen LogP contribution in [0.5, 0.6) is 5.75 Å². The van der Waals surface area contributed by atoms with E-state index in [4.69, 9.17) is 10.00 Å². The quantitative estimate of drug-likeness (QED) is 0.433. The molecule has 0 aliphatic carbocycles. The second kappa shape index (κ2) is 4.88. The molecule has 0 N–H and O–H groups in total. The Labute approximate surface area is 103 Å². The normalized spacial score (nSPS) is 16.1. The maximum absolute atomic E-state index is 13.0. The number of allylic oxidation sites excluding steroid dienone is 1. The molecule has 1 aliphatic heterocycles. The Bertz CT molecular complexity index is 572. The van der Waals surface area contributed by atoms with Gasteiger partial charge in [0.1, 0.15) is 23.4 Å². The molecule has 0 amide bonds. The summed E-state index contributed by atoms with van der Waals surface area (Å²) in [5.41, 5.74) is 0.577. The van der Waals surface area contributed by atoms with Gasteiger partial charge < -0.3 is 9.47 Å². The Balaban J connectivity index is 2.37. The summed E-state index contributed by atoms with van der Waals surface area (Å²) in [6.07, 6.45) is 0.888. The first-order chi connectivity index (χ1) is 8.65. The van der Waals surface area contributed by atoms with E-state index in [9.17, 15) is 9.18 Å². The molecule has 1 aromatic rings. The molecule has 1 aliphatic rings. The summed E-state index contributed by atoms with van der Waals surface area (Å²) in [5, 5.41) is 8.92. The van der Waals surface area contributed by atoms with E-state index in [0.717, 1.165) is 5.56 Å². The van der Waals surface area contributed by atoms with Gasteiger partial charge in [0, 0.05) is 6.42 Å². The molecule has 4 nitrogen and oxygen atoms in total. The molecule has 5 heteroatoms. The molecule has 92 valence electrons. The van der Waals surface area contributed by atoms with Crippen LogP contribution in [-0.4, -0.2) is 13.1 Å². The average Bonchev–Trinajstić information content (AvgIpc) is 2.39. The van der Waals surface area contributed by atoms with Gasteiger partial charge >= 0.3 is 5.97 Å². The van der Waals surface area contributed by atoms with E-state index in [1.54, 1.807) is 6.07 Å². The van der Waals surface area contributed by atoms with Gasteiger partial charge in [-0.1, -0.05) is 0 Å². The van der Waals surface area contributed by atoms with Crippen molar-refractivity contribution in [2.45, 2.75) is 12.8 Å². The third-order valence-electron chi connectivity index (χ3n) is 2.66. The highest BCUT2D eigenvalue weighted by molar-refractivity contribution is 5.93. The van der Waals surface area contributed by atoms with Crippen LogP contribution in [0, 0.1) is 17.1 Å². The monoisotopic (exact) mass is 247 g/mol. The van der Waals surface area contributed by atoms with Gasteiger partial charge in [-0.05, 0) is 30.2 Å². The van der Waals surface area contributed by atoms with Gasteiger partial charge in [-0.15, -0.1) is 0 Å². The number of carbonyl (C=O) groups is 1. The zero-order valence-corrected chi connectivity index (χ0v) is 9.70. The molecule has 0 aromatic heterocycles. The molecule has 2 rings (SSSR count). The highest BCUT2D eigenvalue weighted by atomic mass is 19.1. The van der Waals surface area contributed by atoms with Gasteiger partial charge in [0.25, 0.3) is 0 Å². The van der Waals surface area contributed by atoms with E-state index in [0.29, 0.717) is 18.6 Å². The molecule has 0 fully saturated rings. The van der Waals surface area contributed by atoms with Crippen molar-refractivity contribution in [3.63, 3.8) is 0 Å². The third kappa shape index (κ3) is 2.18. The molecule has 0 spiro atoms. The van der Waals surface area contributed by atoms with Gasteiger partial charge in [-0.3, -0.25) is 0 Å². The molecule has 0 unspecified atom stereocenters. The van der Waals surface area contributed by atoms with E-state index in [-0.39, 0.29) is 17.1 Å². The van der Waals surface area contributed by atoms with Gasteiger partial charge in [0.05, 0.1) is 7.11 Å². The minimum Gasteiger partial charge on any atom is -0.465 e. The van der Waals surface area contributed by atoms with Crippen molar-refractivity contribution in [3.8, 4) is 11.8 Å². The standard InChI is InChI=1S/C13H10FNO3/c1-17-13(16)10(7-15)12-4-2-8-6-9(14)3-5-11(8)18-12/h3,5-6H,2,4H2,1H3/b12-10-. The van der Waals surface area contributed by atoms with Gasteiger partial charge in [0.15, 0.2) is 5.57 Å². The topological polar surface area (TPSA) is 59.3 Å². The summed E-state index contributed by atoms with van der Waals surface area (Å²) in [7, 11) is 1.20. The lowest BCUT2D eigenvalue weighted by molar-refractivity contribution is -0.135. The van der Waals surface area contributed by atoms with Gasteiger partial charge in [0.2, 0.25) is 0 Å². The maximum Gasteiger partial charge on any atom is 0.352 e. The van der Waals surface area contributed by atoms with Crippen molar-refractivity contribution in [1.29, 1.82) is 5.26 Å². The van der Waals surface area contributed by atoms with Crippen molar-refractivity contribution in [2.24, 2.45) is 0 Å². The molecule has 0 radical (unpaired) electrons. The maximum atomic E-state index is 13.0. The number of aryl methyl sites for hydroxylation is 1. The minimum atomic E-state index is -0.724. The summed E-state index contributed by atoms with van der Waals surface area (Å²) in [6.45, 7) is 0. The predicted octanol–water partition coefficient (Wildman–Crippen LogP) is 2.10. The number of hydrogen-bond acceptors (Lipinski definition) is 4. The number of methoxy groups -OCH3 is 1. The summed E-state index contributed by atoms with van der Waals surface area (Å²) >= 11 is 0. The van der Waals surface area contributed by atoms with E-state index in [1.807, 2.05) is 0 Å². The fourth-order valence-corrected chi connectivity index (χ4v) is 1.77. The minimum absolute atomic E-state index is 0.146. The predicted molar refractivity (Wildman–Crippen MR) is 60.0 cm³/mol.